The lowest BCUT2D eigenvalue weighted by molar-refractivity contribution is -0.120. The fourth-order valence-corrected chi connectivity index (χ4v) is 3.14. The van der Waals surface area contributed by atoms with Crippen LogP contribution in [0.1, 0.15) is 34.6 Å². The highest BCUT2D eigenvalue weighted by Gasteiger charge is 2.20. The molecule has 0 aliphatic carbocycles. The fraction of sp³-hybridized carbons (Fsp3) is 0.278. The van der Waals surface area contributed by atoms with E-state index in [4.69, 9.17) is 0 Å². The number of amides is 3. The first-order chi connectivity index (χ1) is 11.9. The van der Waals surface area contributed by atoms with Gasteiger partial charge < -0.3 is 15.5 Å². The average molecular weight is 359 g/mol. The molecule has 1 atom stereocenters. The van der Waals surface area contributed by atoms with Crippen LogP contribution in [0.15, 0.2) is 41.8 Å². The van der Waals surface area contributed by atoms with Crippen molar-refractivity contribution in [1.82, 2.24) is 10.2 Å². The molecule has 132 valence electrons. The minimum Gasteiger partial charge on any atom is -0.348 e. The third kappa shape index (κ3) is 5.15. The summed E-state index contributed by atoms with van der Waals surface area (Å²) in [5, 5.41) is 7.46. The number of nitrogens with one attached hydrogen (secondary N) is 2. The highest BCUT2D eigenvalue weighted by molar-refractivity contribution is 7.10. The Hall–Kier alpha value is -2.67. The summed E-state index contributed by atoms with van der Waals surface area (Å²) in [7, 11) is 3.31. The van der Waals surface area contributed by atoms with Crippen molar-refractivity contribution in [3.05, 3.63) is 52.2 Å². The molecule has 6 nitrogen and oxygen atoms in total. The van der Waals surface area contributed by atoms with Crippen LogP contribution in [0.2, 0.25) is 0 Å². The zero-order valence-corrected chi connectivity index (χ0v) is 15.2. The molecule has 1 aromatic carbocycles. The Morgan fingerprint density at radius 1 is 1.12 bits per heavy atom. The summed E-state index contributed by atoms with van der Waals surface area (Å²) in [5.41, 5.74) is 0.881. The lowest BCUT2D eigenvalue weighted by Crippen LogP contribution is -2.30. The van der Waals surface area contributed by atoms with Gasteiger partial charge >= 0.3 is 0 Å². The molecule has 3 amide bonds. The highest BCUT2D eigenvalue weighted by atomic mass is 32.1. The van der Waals surface area contributed by atoms with E-state index >= 15 is 0 Å². The van der Waals surface area contributed by atoms with Gasteiger partial charge in [0.05, 0.1) is 23.7 Å². The minimum atomic E-state index is -0.394. The van der Waals surface area contributed by atoms with E-state index in [1.165, 1.54) is 23.2 Å². The van der Waals surface area contributed by atoms with Crippen LogP contribution in [0.3, 0.4) is 0 Å². The number of rotatable bonds is 6. The highest BCUT2D eigenvalue weighted by Crippen LogP contribution is 2.23. The molecule has 0 bridgehead atoms. The van der Waals surface area contributed by atoms with Crippen molar-refractivity contribution < 1.29 is 14.4 Å². The van der Waals surface area contributed by atoms with Gasteiger partial charge in [0.1, 0.15) is 0 Å². The smallest absolute Gasteiger partial charge is 0.255 e. The van der Waals surface area contributed by atoms with Gasteiger partial charge in [0.25, 0.3) is 5.91 Å². The van der Waals surface area contributed by atoms with Crippen LogP contribution < -0.4 is 10.6 Å². The van der Waals surface area contributed by atoms with Gasteiger partial charge in [-0.25, -0.2) is 0 Å². The molecule has 7 heteroatoms. The quantitative estimate of drug-likeness (QED) is 0.832. The van der Waals surface area contributed by atoms with Gasteiger partial charge in [-0.1, -0.05) is 18.2 Å². The fourth-order valence-electron chi connectivity index (χ4n) is 2.36. The number of nitrogens with zero attached hydrogens (tertiary/aromatic N) is 1. The van der Waals surface area contributed by atoms with E-state index in [1.54, 1.807) is 38.4 Å². The molecular formula is C18H21N3O3S. The Morgan fingerprint density at radius 3 is 2.44 bits per heavy atom. The summed E-state index contributed by atoms with van der Waals surface area (Å²) in [6.07, 6.45) is 0.0879. The molecule has 1 heterocycles. The molecule has 2 aromatic rings. The number of para-hydroxylation sites is 1. The Labute approximate surface area is 150 Å². The Kier molecular flexibility index (Phi) is 6.30. The predicted molar refractivity (Wildman–Crippen MR) is 98.6 cm³/mol. The van der Waals surface area contributed by atoms with Crippen LogP contribution in [-0.4, -0.2) is 36.7 Å². The molecular weight excluding hydrogens is 338 g/mol. The van der Waals surface area contributed by atoms with E-state index in [-0.39, 0.29) is 24.1 Å². The van der Waals surface area contributed by atoms with Crippen LogP contribution in [0.5, 0.6) is 0 Å². The van der Waals surface area contributed by atoms with Crippen LogP contribution in [0.4, 0.5) is 5.69 Å². The van der Waals surface area contributed by atoms with Crippen molar-refractivity contribution in [2.75, 3.05) is 19.4 Å². The molecule has 2 rings (SSSR count). The monoisotopic (exact) mass is 359 g/mol. The van der Waals surface area contributed by atoms with Crippen molar-refractivity contribution in [2.24, 2.45) is 0 Å². The first kappa shape index (κ1) is 18.7. The van der Waals surface area contributed by atoms with Crippen molar-refractivity contribution in [2.45, 2.75) is 19.4 Å². The van der Waals surface area contributed by atoms with E-state index in [1.807, 2.05) is 17.5 Å². The molecule has 0 aliphatic rings. The standard InChI is InChI=1S/C18H21N3O3S/c1-12(22)19-15(16-9-6-10-25-16)11-17(23)20-14-8-5-4-7-13(14)18(24)21(2)3/h4-10,15H,11H2,1-3H3,(H,19,22)(H,20,23). The lowest BCUT2D eigenvalue weighted by Gasteiger charge is -2.18. The first-order valence-electron chi connectivity index (χ1n) is 7.79. The summed E-state index contributed by atoms with van der Waals surface area (Å²) in [6.45, 7) is 1.42. The van der Waals surface area contributed by atoms with Gasteiger partial charge in [0.2, 0.25) is 11.8 Å². The zero-order chi connectivity index (χ0) is 18.4. The number of thiophene rings is 1. The second-order valence-electron chi connectivity index (χ2n) is 5.77. The van der Waals surface area contributed by atoms with Gasteiger partial charge in [-0.2, -0.15) is 0 Å². The van der Waals surface area contributed by atoms with Gasteiger partial charge in [-0.3, -0.25) is 14.4 Å². The summed E-state index contributed by atoms with van der Waals surface area (Å²) in [5.74, 6) is -0.659. The molecule has 2 N–H and O–H groups in total. The summed E-state index contributed by atoms with van der Waals surface area (Å²) < 4.78 is 0. The summed E-state index contributed by atoms with van der Waals surface area (Å²) in [4.78, 5) is 38.5. The zero-order valence-electron chi connectivity index (χ0n) is 14.4. The topological polar surface area (TPSA) is 78.5 Å². The van der Waals surface area contributed by atoms with Crippen molar-refractivity contribution in [3.63, 3.8) is 0 Å². The van der Waals surface area contributed by atoms with Crippen molar-refractivity contribution >= 4 is 34.7 Å². The first-order valence-corrected chi connectivity index (χ1v) is 8.67. The SMILES string of the molecule is CC(=O)NC(CC(=O)Nc1ccccc1C(=O)N(C)C)c1cccs1. The number of carbonyl (C=O) groups is 3. The van der Waals surface area contributed by atoms with Gasteiger partial charge in [-0.05, 0) is 23.6 Å². The lowest BCUT2D eigenvalue weighted by atomic mass is 10.1. The molecule has 0 saturated heterocycles. The van der Waals surface area contributed by atoms with Crippen LogP contribution in [0, 0.1) is 0 Å². The molecule has 1 unspecified atom stereocenters. The largest absolute Gasteiger partial charge is 0.348 e. The molecule has 0 spiro atoms. The van der Waals surface area contributed by atoms with E-state index in [9.17, 15) is 14.4 Å². The van der Waals surface area contributed by atoms with E-state index in [0.717, 1.165) is 4.88 Å². The number of carbonyl (C=O) groups excluding carboxylic acids is 3. The molecule has 0 radical (unpaired) electrons. The average Bonchev–Trinajstić information content (AvgIpc) is 3.08. The number of hydrogen-bond donors (Lipinski definition) is 2. The maximum absolute atomic E-state index is 12.5. The van der Waals surface area contributed by atoms with Gasteiger partial charge in [0, 0.05) is 25.9 Å². The molecule has 25 heavy (non-hydrogen) atoms. The van der Waals surface area contributed by atoms with Gasteiger partial charge in [0.15, 0.2) is 0 Å². The van der Waals surface area contributed by atoms with Crippen molar-refractivity contribution in [1.29, 1.82) is 0 Å². The van der Waals surface area contributed by atoms with Crippen LogP contribution >= 0.6 is 11.3 Å². The van der Waals surface area contributed by atoms with Gasteiger partial charge in [-0.15, -0.1) is 11.3 Å². The summed E-state index contributed by atoms with van der Waals surface area (Å²) in [6, 6.07) is 10.2. The maximum Gasteiger partial charge on any atom is 0.255 e. The summed E-state index contributed by atoms with van der Waals surface area (Å²) >= 11 is 1.48. The van der Waals surface area contributed by atoms with Crippen molar-refractivity contribution in [3.8, 4) is 0 Å². The van der Waals surface area contributed by atoms with E-state index < -0.39 is 6.04 Å². The third-order valence-corrected chi connectivity index (χ3v) is 4.48. The molecule has 0 fully saturated rings. The molecule has 0 aliphatic heterocycles. The van der Waals surface area contributed by atoms with Crippen LogP contribution in [-0.2, 0) is 9.59 Å². The third-order valence-electron chi connectivity index (χ3n) is 3.49. The normalized spacial score (nSPS) is 11.5. The second kappa shape index (κ2) is 8.43. The second-order valence-corrected chi connectivity index (χ2v) is 6.75. The molecule has 1 aromatic heterocycles. The van der Waals surface area contributed by atoms with E-state index in [0.29, 0.717) is 11.3 Å². The number of benzene rings is 1. The number of anilines is 1. The Morgan fingerprint density at radius 2 is 1.84 bits per heavy atom. The Balaban J connectivity index is 2.14. The Bertz CT molecular complexity index is 757. The van der Waals surface area contributed by atoms with E-state index in [2.05, 4.69) is 10.6 Å². The predicted octanol–water partition coefficient (Wildman–Crippen LogP) is 2.66. The maximum atomic E-state index is 12.5. The van der Waals surface area contributed by atoms with Crippen LogP contribution in [0.25, 0.3) is 0 Å². The number of hydrogen-bond acceptors (Lipinski definition) is 4. The molecule has 0 saturated carbocycles. The minimum absolute atomic E-state index is 0.0879.